The fourth-order valence-corrected chi connectivity index (χ4v) is 8.91. The summed E-state index contributed by atoms with van der Waals surface area (Å²) in [6.45, 7) is 6.47. The van der Waals surface area contributed by atoms with Crippen molar-refractivity contribution in [2.24, 2.45) is 0 Å². The summed E-state index contributed by atoms with van der Waals surface area (Å²) in [6, 6.07) is 27.5. The van der Waals surface area contributed by atoms with Crippen molar-refractivity contribution in [2.75, 3.05) is 0 Å². The molecule has 0 amide bonds. The molecular formula is C21H21Ga. The molecule has 0 N–H and O–H groups in total. The molecule has 0 bridgehead atoms. The average Bonchev–Trinajstić information content (AvgIpc) is 2.53. The predicted molar refractivity (Wildman–Crippen MR) is 98.2 cm³/mol. The van der Waals surface area contributed by atoms with Crippen LogP contribution in [-0.4, -0.2) is 16.2 Å². The van der Waals surface area contributed by atoms with Gasteiger partial charge in [-0.15, -0.1) is 0 Å². The maximum absolute atomic E-state index is 2.33. The fraction of sp³-hybridized carbons (Fsp3) is 0.143. The third-order valence-corrected chi connectivity index (χ3v) is 10.9. The third kappa shape index (κ3) is 3.37. The van der Waals surface area contributed by atoms with E-state index in [2.05, 4.69) is 93.6 Å². The van der Waals surface area contributed by atoms with Crippen molar-refractivity contribution in [3.63, 3.8) is 0 Å². The number of rotatable bonds is 3. The van der Waals surface area contributed by atoms with Crippen molar-refractivity contribution in [1.29, 1.82) is 0 Å². The molecule has 3 aromatic carbocycles. The van der Waals surface area contributed by atoms with Gasteiger partial charge in [0, 0.05) is 0 Å². The van der Waals surface area contributed by atoms with E-state index < -0.39 is 16.2 Å². The van der Waals surface area contributed by atoms with Crippen LogP contribution in [0.3, 0.4) is 0 Å². The molecule has 1 heteroatoms. The van der Waals surface area contributed by atoms with Gasteiger partial charge in [-0.25, -0.2) is 0 Å². The fourth-order valence-electron chi connectivity index (χ4n) is 2.85. The van der Waals surface area contributed by atoms with Crippen LogP contribution in [0.15, 0.2) is 72.8 Å². The summed E-state index contributed by atoms with van der Waals surface area (Å²) in [5.41, 5.74) is 3.99. The average molecular weight is 343 g/mol. The zero-order chi connectivity index (χ0) is 15.5. The Morgan fingerprint density at radius 2 is 0.636 bits per heavy atom. The van der Waals surface area contributed by atoms with Crippen molar-refractivity contribution < 1.29 is 0 Å². The first-order valence-corrected chi connectivity index (χ1v) is 11.5. The Labute approximate surface area is 138 Å². The Balaban J connectivity index is 2.10. The first-order chi connectivity index (χ1) is 10.6. The maximum atomic E-state index is 2.33. The zero-order valence-corrected chi connectivity index (χ0v) is 15.9. The second kappa shape index (κ2) is 6.60. The van der Waals surface area contributed by atoms with Gasteiger partial charge in [0.25, 0.3) is 0 Å². The van der Waals surface area contributed by atoms with Gasteiger partial charge in [-0.05, 0) is 0 Å². The van der Waals surface area contributed by atoms with Crippen LogP contribution in [-0.2, 0) is 0 Å². The first-order valence-electron chi connectivity index (χ1n) is 7.83. The van der Waals surface area contributed by atoms with E-state index in [1.807, 2.05) is 0 Å². The molecule has 0 nitrogen and oxygen atoms in total. The molecule has 0 saturated heterocycles. The molecule has 108 valence electrons. The van der Waals surface area contributed by atoms with E-state index in [0.717, 1.165) is 0 Å². The molecule has 0 spiro atoms. The standard InChI is InChI=1S/3C7H7.Ga/c3*1-7-5-3-2-4-6-7;/h3*3-6H,1H3;. The summed E-state index contributed by atoms with van der Waals surface area (Å²) in [7, 11) is 0. The molecule has 0 radical (unpaired) electrons. The van der Waals surface area contributed by atoms with Crippen LogP contribution in [0.5, 0.6) is 0 Å². The van der Waals surface area contributed by atoms with Crippen LogP contribution < -0.4 is 12.4 Å². The summed E-state index contributed by atoms with van der Waals surface area (Å²) < 4.78 is 4.60. The van der Waals surface area contributed by atoms with E-state index in [1.54, 1.807) is 0 Å². The Bertz CT molecular complexity index is 629. The van der Waals surface area contributed by atoms with Gasteiger partial charge >= 0.3 is 139 Å². The second-order valence-electron chi connectivity index (χ2n) is 6.17. The minimum absolute atomic E-state index is 1.33. The summed E-state index contributed by atoms with van der Waals surface area (Å²) >= 11 is -1.95. The number of aryl methyl sites for hydroxylation is 3. The molecule has 0 aromatic heterocycles. The van der Waals surface area contributed by atoms with Gasteiger partial charge in [0.1, 0.15) is 0 Å². The zero-order valence-electron chi connectivity index (χ0n) is 13.5. The summed E-state index contributed by atoms with van der Waals surface area (Å²) in [5, 5.41) is 0. The van der Waals surface area contributed by atoms with Gasteiger partial charge in [-0.3, -0.25) is 0 Å². The number of benzene rings is 3. The summed E-state index contributed by atoms with van der Waals surface area (Å²) in [6.07, 6.45) is 0. The van der Waals surface area contributed by atoms with E-state index in [4.69, 9.17) is 0 Å². The van der Waals surface area contributed by atoms with Crippen LogP contribution >= 0.6 is 0 Å². The molecule has 0 aliphatic heterocycles. The van der Waals surface area contributed by atoms with Crippen LogP contribution in [0.1, 0.15) is 16.7 Å². The molecule has 0 unspecified atom stereocenters. The van der Waals surface area contributed by atoms with E-state index >= 15 is 0 Å². The molecule has 22 heavy (non-hydrogen) atoms. The summed E-state index contributed by atoms with van der Waals surface area (Å²) in [5.74, 6) is 0. The van der Waals surface area contributed by atoms with Crippen molar-refractivity contribution >= 4 is 28.6 Å². The number of hydrogen-bond donors (Lipinski definition) is 0. The van der Waals surface area contributed by atoms with Gasteiger partial charge in [0.2, 0.25) is 0 Å². The SMILES string of the molecule is Cc1cc[c]([Ga]([c]2ccc(C)cc2)[c]2ccc(C)cc2)cc1. The number of hydrogen-bond acceptors (Lipinski definition) is 0. The van der Waals surface area contributed by atoms with E-state index in [1.165, 1.54) is 29.0 Å². The van der Waals surface area contributed by atoms with Crippen LogP contribution in [0, 0.1) is 20.8 Å². The normalized spacial score (nSPS) is 10.5. The second-order valence-corrected chi connectivity index (χ2v) is 12.2. The van der Waals surface area contributed by atoms with Crippen LogP contribution in [0.2, 0.25) is 0 Å². The molecule has 0 saturated carbocycles. The Kier molecular flexibility index (Phi) is 4.56. The topological polar surface area (TPSA) is 0 Å². The molecule has 3 rings (SSSR count). The van der Waals surface area contributed by atoms with Gasteiger partial charge in [-0.1, -0.05) is 0 Å². The molecule has 3 aromatic rings. The monoisotopic (exact) mass is 342 g/mol. The van der Waals surface area contributed by atoms with E-state index in [-0.39, 0.29) is 0 Å². The van der Waals surface area contributed by atoms with E-state index in [0.29, 0.717) is 0 Å². The Morgan fingerprint density at radius 1 is 0.409 bits per heavy atom. The van der Waals surface area contributed by atoms with Crippen LogP contribution in [0.4, 0.5) is 0 Å². The van der Waals surface area contributed by atoms with Gasteiger partial charge in [0.05, 0.1) is 0 Å². The molecule has 0 heterocycles. The van der Waals surface area contributed by atoms with Crippen LogP contribution in [0.25, 0.3) is 0 Å². The first kappa shape index (κ1) is 15.2. The molecule has 0 aliphatic rings. The van der Waals surface area contributed by atoms with Gasteiger partial charge in [-0.2, -0.15) is 0 Å². The van der Waals surface area contributed by atoms with Crippen molar-refractivity contribution in [3.8, 4) is 0 Å². The van der Waals surface area contributed by atoms with Gasteiger partial charge in [0.15, 0.2) is 0 Å². The molecule has 0 fully saturated rings. The Hall–Kier alpha value is -1.70. The predicted octanol–water partition coefficient (Wildman–Crippen LogP) is 3.13. The minimum atomic E-state index is -1.95. The summed E-state index contributed by atoms with van der Waals surface area (Å²) in [4.78, 5) is 0. The van der Waals surface area contributed by atoms with Crippen molar-refractivity contribution in [3.05, 3.63) is 89.5 Å². The van der Waals surface area contributed by atoms with Crippen molar-refractivity contribution in [1.82, 2.24) is 0 Å². The third-order valence-electron chi connectivity index (χ3n) is 4.23. The van der Waals surface area contributed by atoms with Crippen molar-refractivity contribution in [2.45, 2.75) is 20.8 Å². The molecular weight excluding hydrogens is 322 g/mol. The molecule has 0 atom stereocenters. The van der Waals surface area contributed by atoms with Gasteiger partial charge < -0.3 is 0 Å². The quantitative estimate of drug-likeness (QED) is 0.641. The molecule has 0 aliphatic carbocycles. The van der Waals surface area contributed by atoms with E-state index in [9.17, 15) is 0 Å². The Morgan fingerprint density at radius 3 is 0.864 bits per heavy atom.